The Morgan fingerprint density at radius 3 is 2.71 bits per heavy atom. The molecule has 1 aromatic heterocycles. The Morgan fingerprint density at radius 2 is 2.18 bits per heavy atom. The summed E-state index contributed by atoms with van der Waals surface area (Å²) in [6.45, 7) is 5.28. The van der Waals surface area contributed by atoms with Gasteiger partial charge >= 0.3 is 0 Å². The van der Waals surface area contributed by atoms with Gasteiger partial charge in [-0.15, -0.1) is 0 Å². The Labute approximate surface area is 104 Å². The predicted molar refractivity (Wildman–Crippen MR) is 72.3 cm³/mol. The average molecular weight is 233 g/mol. The van der Waals surface area contributed by atoms with Crippen LogP contribution in [0.25, 0.3) is 0 Å². The number of anilines is 1. The Hall–Kier alpha value is -1.09. The Balaban J connectivity index is 2.12. The second kappa shape index (κ2) is 5.05. The Kier molecular flexibility index (Phi) is 3.67. The summed E-state index contributed by atoms with van der Waals surface area (Å²) < 4.78 is 0. The van der Waals surface area contributed by atoms with Gasteiger partial charge in [-0.05, 0) is 51.3 Å². The molecule has 3 heteroatoms. The molecule has 0 saturated heterocycles. The summed E-state index contributed by atoms with van der Waals surface area (Å²) in [5, 5.41) is 3.17. The van der Waals surface area contributed by atoms with Crippen molar-refractivity contribution in [3.8, 4) is 0 Å². The van der Waals surface area contributed by atoms with Crippen molar-refractivity contribution in [3.63, 3.8) is 0 Å². The molecule has 0 radical (unpaired) electrons. The molecule has 1 aromatic rings. The highest BCUT2D eigenvalue weighted by molar-refractivity contribution is 5.42. The molecule has 1 aliphatic carbocycles. The largest absolute Gasteiger partial charge is 0.357 e. The number of aromatic nitrogens is 1. The van der Waals surface area contributed by atoms with E-state index in [1.807, 2.05) is 7.05 Å². The second-order valence-electron chi connectivity index (χ2n) is 5.13. The van der Waals surface area contributed by atoms with E-state index in [1.54, 1.807) is 0 Å². The molecule has 1 aliphatic rings. The van der Waals surface area contributed by atoms with Crippen LogP contribution in [0, 0.1) is 12.8 Å². The lowest BCUT2D eigenvalue weighted by atomic mass is 10.1. The lowest BCUT2D eigenvalue weighted by Crippen LogP contribution is -2.31. The highest BCUT2D eigenvalue weighted by atomic mass is 15.2. The Morgan fingerprint density at radius 1 is 1.47 bits per heavy atom. The van der Waals surface area contributed by atoms with Gasteiger partial charge in [0.25, 0.3) is 0 Å². The van der Waals surface area contributed by atoms with E-state index < -0.39 is 0 Å². The first-order chi connectivity index (χ1) is 8.13. The zero-order valence-corrected chi connectivity index (χ0v) is 11.3. The van der Waals surface area contributed by atoms with E-state index in [0.717, 1.165) is 24.0 Å². The van der Waals surface area contributed by atoms with Crippen LogP contribution < -0.4 is 10.2 Å². The third-order valence-electron chi connectivity index (χ3n) is 3.82. The first-order valence-corrected chi connectivity index (χ1v) is 6.47. The van der Waals surface area contributed by atoms with E-state index in [9.17, 15) is 0 Å². The van der Waals surface area contributed by atoms with Crippen LogP contribution >= 0.6 is 0 Å². The molecule has 0 amide bonds. The lowest BCUT2D eigenvalue weighted by molar-refractivity contribution is 0.603. The summed E-state index contributed by atoms with van der Waals surface area (Å²) in [6, 6.07) is 4.93. The second-order valence-corrected chi connectivity index (χ2v) is 5.13. The van der Waals surface area contributed by atoms with Gasteiger partial charge in [0, 0.05) is 25.3 Å². The standard InChI is InChI=1S/C14H23N3/c1-10-13(9-15-3)7-8-14(16-10)17(4)11(2)12-5-6-12/h7-8,11-12,15H,5-6,9H2,1-4H3. The zero-order valence-electron chi connectivity index (χ0n) is 11.3. The summed E-state index contributed by atoms with van der Waals surface area (Å²) in [6.07, 6.45) is 2.75. The normalized spacial score (nSPS) is 16.9. The van der Waals surface area contributed by atoms with Gasteiger partial charge in [0.05, 0.1) is 0 Å². The number of hydrogen-bond acceptors (Lipinski definition) is 3. The minimum atomic E-state index is 0.608. The maximum atomic E-state index is 4.71. The SMILES string of the molecule is CNCc1ccc(N(C)C(C)C2CC2)nc1C. The molecule has 1 unspecified atom stereocenters. The minimum absolute atomic E-state index is 0.608. The monoisotopic (exact) mass is 233 g/mol. The van der Waals surface area contributed by atoms with Crippen molar-refractivity contribution in [1.29, 1.82) is 0 Å². The Bertz CT molecular complexity index is 385. The number of rotatable bonds is 5. The average Bonchev–Trinajstić information content (AvgIpc) is 3.14. The summed E-state index contributed by atoms with van der Waals surface area (Å²) >= 11 is 0. The topological polar surface area (TPSA) is 28.2 Å². The molecular weight excluding hydrogens is 210 g/mol. The van der Waals surface area contributed by atoms with E-state index in [0.29, 0.717) is 6.04 Å². The molecule has 1 N–H and O–H groups in total. The number of nitrogens with one attached hydrogen (secondary N) is 1. The van der Waals surface area contributed by atoms with Crippen molar-refractivity contribution < 1.29 is 0 Å². The van der Waals surface area contributed by atoms with Crippen molar-refractivity contribution in [2.24, 2.45) is 5.92 Å². The molecule has 1 heterocycles. The molecule has 3 nitrogen and oxygen atoms in total. The number of aryl methyl sites for hydroxylation is 1. The van der Waals surface area contributed by atoms with Crippen LogP contribution in [0.4, 0.5) is 5.82 Å². The summed E-state index contributed by atoms with van der Waals surface area (Å²) in [7, 11) is 4.12. The van der Waals surface area contributed by atoms with Crippen LogP contribution in [0.2, 0.25) is 0 Å². The van der Waals surface area contributed by atoms with Gasteiger partial charge in [-0.2, -0.15) is 0 Å². The fourth-order valence-electron chi connectivity index (χ4n) is 2.25. The summed E-state index contributed by atoms with van der Waals surface area (Å²) in [5.41, 5.74) is 2.41. The van der Waals surface area contributed by atoms with Gasteiger partial charge in [0.1, 0.15) is 5.82 Å². The smallest absolute Gasteiger partial charge is 0.128 e. The van der Waals surface area contributed by atoms with Gasteiger partial charge in [0.2, 0.25) is 0 Å². The number of pyridine rings is 1. The van der Waals surface area contributed by atoms with E-state index in [1.165, 1.54) is 18.4 Å². The van der Waals surface area contributed by atoms with Crippen molar-refractivity contribution >= 4 is 5.82 Å². The van der Waals surface area contributed by atoms with Gasteiger partial charge in [-0.25, -0.2) is 4.98 Å². The molecule has 2 rings (SSSR count). The molecule has 94 valence electrons. The van der Waals surface area contributed by atoms with Crippen molar-refractivity contribution in [1.82, 2.24) is 10.3 Å². The van der Waals surface area contributed by atoms with Crippen molar-refractivity contribution in [2.75, 3.05) is 19.0 Å². The summed E-state index contributed by atoms with van der Waals surface area (Å²) in [5.74, 6) is 1.97. The molecule has 0 aliphatic heterocycles. The number of hydrogen-bond donors (Lipinski definition) is 1. The fourth-order valence-corrected chi connectivity index (χ4v) is 2.25. The molecule has 0 aromatic carbocycles. The quantitative estimate of drug-likeness (QED) is 0.846. The van der Waals surface area contributed by atoms with Gasteiger partial charge in [-0.3, -0.25) is 0 Å². The zero-order chi connectivity index (χ0) is 12.4. The molecule has 0 bridgehead atoms. The number of nitrogens with zero attached hydrogens (tertiary/aromatic N) is 2. The predicted octanol–water partition coefficient (Wildman–Crippen LogP) is 2.34. The minimum Gasteiger partial charge on any atom is -0.357 e. The fraction of sp³-hybridized carbons (Fsp3) is 0.643. The van der Waals surface area contributed by atoms with Gasteiger partial charge < -0.3 is 10.2 Å². The van der Waals surface area contributed by atoms with Crippen LogP contribution in [0.15, 0.2) is 12.1 Å². The van der Waals surface area contributed by atoms with Crippen LogP contribution in [-0.2, 0) is 6.54 Å². The molecule has 1 fully saturated rings. The summed E-state index contributed by atoms with van der Waals surface area (Å²) in [4.78, 5) is 7.02. The van der Waals surface area contributed by atoms with Crippen LogP contribution in [0.3, 0.4) is 0 Å². The highest BCUT2D eigenvalue weighted by Crippen LogP contribution is 2.35. The van der Waals surface area contributed by atoms with Crippen molar-refractivity contribution in [3.05, 3.63) is 23.4 Å². The maximum absolute atomic E-state index is 4.71. The van der Waals surface area contributed by atoms with E-state index in [4.69, 9.17) is 4.98 Å². The van der Waals surface area contributed by atoms with E-state index in [2.05, 4.69) is 43.2 Å². The first kappa shape index (κ1) is 12.4. The van der Waals surface area contributed by atoms with Crippen LogP contribution in [0.5, 0.6) is 0 Å². The maximum Gasteiger partial charge on any atom is 0.128 e. The van der Waals surface area contributed by atoms with Crippen LogP contribution in [-0.4, -0.2) is 25.1 Å². The molecule has 1 saturated carbocycles. The molecular formula is C14H23N3. The van der Waals surface area contributed by atoms with E-state index >= 15 is 0 Å². The van der Waals surface area contributed by atoms with Crippen LogP contribution in [0.1, 0.15) is 31.0 Å². The van der Waals surface area contributed by atoms with Gasteiger partial charge in [0.15, 0.2) is 0 Å². The third kappa shape index (κ3) is 2.78. The molecule has 17 heavy (non-hydrogen) atoms. The van der Waals surface area contributed by atoms with E-state index in [-0.39, 0.29) is 0 Å². The van der Waals surface area contributed by atoms with Gasteiger partial charge in [-0.1, -0.05) is 6.07 Å². The lowest BCUT2D eigenvalue weighted by Gasteiger charge is -2.26. The molecule has 1 atom stereocenters. The third-order valence-corrected chi connectivity index (χ3v) is 3.82. The highest BCUT2D eigenvalue weighted by Gasteiger charge is 2.31. The molecule has 0 spiro atoms. The van der Waals surface area contributed by atoms with Crippen molar-refractivity contribution in [2.45, 2.75) is 39.3 Å². The first-order valence-electron chi connectivity index (χ1n) is 6.47.